The van der Waals surface area contributed by atoms with Crippen molar-refractivity contribution in [3.8, 4) is 28.5 Å². The van der Waals surface area contributed by atoms with E-state index in [1.54, 1.807) is 0 Å². The molecule has 3 heterocycles. The number of anilines is 1. The van der Waals surface area contributed by atoms with Crippen LogP contribution < -0.4 is 10.2 Å². The number of hydrogen-bond donors (Lipinski definition) is 1. The smallest absolute Gasteiger partial charge is 0.225 e. The molecule has 0 amide bonds. The molecule has 0 saturated carbocycles. The highest BCUT2D eigenvalue weighted by molar-refractivity contribution is 5.81. The second-order valence-electron chi connectivity index (χ2n) is 8.07. The van der Waals surface area contributed by atoms with Gasteiger partial charge in [0.25, 0.3) is 0 Å². The Balaban J connectivity index is 1.57. The van der Waals surface area contributed by atoms with E-state index in [0.717, 1.165) is 54.5 Å². The van der Waals surface area contributed by atoms with Crippen molar-refractivity contribution in [2.45, 2.75) is 6.92 Å². The van der Waals surface area contributed by atoms with Crippen molar-refractivity contribution >= 4 is 5.95 Å². The zero-order valence-electron chi connectivity index (χ0n) is 16.5. The number of fused-ring (bicyclic) bond motifs is 1. The average molecular weight is 381 g/mol. The minimum Gasteiger partial charge on any atom is -0.340 e. The quantitative estimate of drug-likeness (QED) is 0.750. The van der Waals surface area contributed by atoms with Gasteiger partial charge in [-0.25, -0.2) is 9.97 Å². The van der Waals surface area contributed by atoms with Gasteiger partial charge in [-0.05, 0) is 36.5 Å². The minimum absolute atomic E-state index is 0.653. The van der Waals surface area contributed by atoms with Crippen molar-refractivity contribution < 1.29 is 0 Å². The van der Waals surface area contributed by atoms with E-state index in [-0.39, 0.29) is 0 Å². The summed E-state index contributed by atoms with van der Waals surface area (Å²) in [6.45, 7) is 6.28. The Kier molecular flexibility index (Phi) is 4.49. The Morgan fingerprint density at radius 2 is 1.62 bits per heavy atom. The molecule has 5 rings (SSSR count). The van der Waals surface area contributed by atoms with E-state index < -0.39 is 0 Å². The maximum atomic E-state index is 9.14. The van der Waals surface area contributed by atoms with Gasteiger partial charge in [0.1, 0.15) is 0 Å². The predicted molar refractivity (Wildman–Crippen MR) is 114 cm³/mol. The summed E-state index contributed by atoms with van der Waals surface area (Å²) < 4.78 is 0. The summed E-state index contributed by atoms with van der Waals surface area (Å²) >= 11 is 0. The van der Waals surface area contributed by atoms with Gasteiger partial charge in [0.05, 0.1) is 17.3 Å². The number of rotatable bonds is 3. The summed E-state index contributed by atoms with van der Waals surface area (Å²) in [6, 6.07) is 18.3. The maximum Gasteiger partial charge on any atom is 0.225 e. The normalized spacial score (nSPS) is 20.5. The molecule has 0 spiro atoms. The van der Waals surface area contributed by atoms with E-state index in [0.29, 0.717) is 17.4 Å². The van der Waals surface area contributed by atoms with Gasteiger partial charge >= 0.3 is 0 Å². The molecule has 1 aromatic heterocycles. The lowest BCUT2D eigenvalue weighted by Crippen LogP contribution is -2.27. The third-order valence-corrected chi connectivity index (χ3v) is 6.10. The van der Waals surface area contributed by atoms with Crippen LogP contribution in [-0.4, -0.2) is 36.1 Å². The molecule has 2 atom stereocenters. The minimum atomic E-state index is 0.653. The molecule has 144 valence electrons. The fraction of sp³-hybridized carbons (Fsp3) is 0.292. The molecule has 2 aliphatic rings. The Hall–Kier alpha value is -3.23. The van der Waals surface area contributed by atoms with E-state index in [9.17, 15) is 0 Å². The second-order valence-corrected chi connectivity index (χ2v) is 8.07. The third kappa shape index (κ3) is 3.37. The van der Waals surface area contributed by atoms with Crippen LogP contribution in [0.4, 0.5) is 5.95 Å². The van der Waals surface area contributed by atoms with Crippen molar-refractivity contribution in [1.29, 1.82) is 5.26 Å². The van der Waals surface area contributed by atoms with Gasteiger partial charge < -0.3 is 10.2 Å². The monoisotopic (exact) mass is 381 g/mol. The number of aryl methyl sites for hydroxylation is 1. The first-order valence-corrected chi connectivity index (χ1v) is 10.1. The molecule has 1 N–H and O–H groups in total. The first-order chi connectivity index (χ1) is 14.2. The van der Waals surface area contributed by atoms with Gasteiger partial charge in [0, 0.05) is 43.5 Å². The zero-order chi connectivity index (χ0) is 19.8. The van der Waals surface area contributed by atoms with Crippen LogP contribution in [0.2, 0.25) is 0 Å². The highest BCUT2D eigenvalue weighted by Crippen LogP contribution is 2.34. The average Bonchev–Trinajstić information content (AvgIpc) is 3.37. The largest absolute Gasteiger partial charge is 0.340 e. The summed E-state index contributed by atoms with van der Waals surface area (Å²) in [7, 11) is 0. The van der Waals surface area contributed by atoms with Crippen LogP contribution in [0.3, 0.4) is 0 Å². The molecule has 29 heavy (non-hydrogen) atoms. The van der Waals surface area contributed by atoms with Gasteiger partial charge in [0.2, 0.25) is 5.95 Å². The first kappa shape index (κ1) is 17.8. The Morgan fingerprint density at radius 1 is 0.966 bits per heavy atom. The van der Waals surface area contributed by atoms with Crippen molar-refractivity contribution in [2.75, 3.05) is 31.1 Å². The lowest BCUT2D eigenvalue weighted by atomic mass is 9.99. The lowest BCUT2D eigenvalue weighted by molar-refractivity contribution is 0.533. The standard InChI is InChI=1S/C24H23N5/c1-16-2-6-18(7-3-16)22-13-27-24(29-14-20-11-26-12-21(20)15-29)28-23(22)19-8-4-17(10-25)5-9-19/h2-9,13,20-21,26H,11-12,14-15H2,1H3. The van der Waals surface area contributed by atoms with Gasteiger partial charge in [-0.2, -0.15) is 5.26 Å². The summed E-state index contributed by atoms with van der Waals surface area (Å²) in [5.41, 5.74) is 5.91. The topological polar surface area (TPSA) is 64.8 Å². The van der Waals surface area contributed by atoms with Crippen LogP contribution >= 0.6 is 0 Å². The maximum absolute atomic E-state index is 9.14. The SMILES string of the molecule is Cc1ccc(-c2cnc(N3CC4CNCC4C3)nc2-c2ccc(C#N)cc2)cc1. The van der Waals surface area contributed by atoms with Crippen molar-refractivity contribution in [3.05, 3.63) is 65.9 Å². The van der Waals surface area contributed by atoms with Crippen LogP contribution in [0.25, 0.3) is 22.4 Å². The van der Waals surface area contributed by atoms with E-state index in [1.807, 2.05) is 30.5 Å². The Morgan fingerprint density at radius 3 is 2.28 bits per heavy atom. The Labute approximate surface area is 171 Å². The van der Waals surface area contributed by atoms with Gasteiger partial charge in [-0.1, -0.05) is 42.0 Å². The van der Waals surface area contributed by atoms with Crippen molar-refractivity contribution in [1.82, 2.24) is 15.3 Å². The van der Waals surface area contributed by atoms with Crippen LogP contribution in [0.15, 0.2) is 54.7 Å². The van der Waals surface area contributed by atoms with E-state index in [1.165, 1.54) is 5.56 Å². The van der Waals surface area contributed by atoms with E-state index >= 15 is 0 Å². The molecule has 5 nitrogen and oxygen atoms in total. The molecule has 0 bridgehead atoms. The fourth-order valence-corrected chi connectivity index (χ4v) is 4.41. The highest BCUT2D eigenvalue weighted by Gasteiger charge is 2.37. The summed E-state index contributed by atoms with van der Waals surface area (Å²) in [5.74, 6) is 2.18. The lowest BCUT2D eigenvalue weighted by Gasteiger charge is -2.19. The van der Waals surface area contributed by atoms with E-state index in [2.05, 4.69) is 47.5 Å². The zero-order valence-corrected chi connectivity index (χ0v) is 16.5. The Bertz CT molecular complexity index is 1050. The molecule has 2 aromatic carbocycles. The fourth-order valence-electron chi connectivity index (χ4n) is 4.41. The molecule has 2 unspecified atom stereocenters. The van der Waals surface area contributed by atoms with Crippen LogP contribution in [-0.2, 0) is 0 Å². The second kappa shape index (κ2) is 7.31. The van der Waals surface area contributed by atoms with Crippen molar-refractivity contribution in [3.63, 3.8) is 0 Å². The van der Waals surface area contributed by atoms with Gasteiger partial charge in [-0.3, -0.25) is 0 Å². The van der Waals surface area contributed by atoms with Gasteiger partial charge in [0.15, 0.2) is 0 Å². The van der Waals surface area contributed by atoms with E-state index in [4.69, 9.17) is 15.2 Å². The predicted octanol–water partition coefficient (Wildman–Crippen LogP) is 3.65. The molecular formula is C24H23N5. The summed E-state index contributed by atoms with van der Waals surface area (Å²) in [5, 5.41) is 12.6. The molecular weight excluding hydrogens is 358 g/mol. The molecule has 2 fully saturated rings. The summed E-state index contributed by atoms with van der Waals surface area (Å²) in [6.07, 6.45) is 1.95. The molecule has 2 saturated heterocycles. The van der Waals surface area contributed by atoms with Crippen molar-refractivity contribution in [2.24, 2.45) is 11.8 Å². The van der Waals surface area contributed by atoms with Gasteiger partial charge in [-0.15, -0.1) is 0 Å². The highest BCUT2D eigenvalue weighted by atomic mass is 15.3. The number of aromatic nitrogens is 2. The summed E-state index contributed by atoms with van der Waals surface area (Å²) in [4.78, 5) is 12.1. The number of nitrogens with one attached hydrogen (secondary N) is 1. The third-order valence-electron chi connectivity index (χ3n) is 6.10. The molecule has 5 heteroatoms. The van der Waals surface area contributed by atoms with Crippen LogP contribution in [0.5, 0.6) is 0 Å². The molecule has 0 radical (unpaired) electrons. The number of benzene rings is 2. The molecule has 2 aliphatic heterocycles. The molecule has 0 aliphatic carbocycles. The van der Waals surface area contributed by atoms with Crippen LogP contribution in [0, 0.1) is 30.1 Å². The number of nitrogens with zero attached hydrogens (tertiary/aromatic N) is 4. The first-order valence-electron chi connectivity index (χ1n) is 10.1. The number of nitriles is 1. The molecule has 3 aromatic rings. The number of hydrogen-bond acceptors (Lipinski definition) is 5. The van der Waals surface area contributed by atoms with Crippen LogP contribution in [0.1, 0.15) is 11.1 Å².